The van der Waals surface area contributed by atoms with E-state index in [0.29, 0.717) is 0 Å². The molecule has 16 heavy (non-hydrogen) atoms. The van der Waals surface area contributed by atoms with Crippen molar-refractivity contribution in [3.05, 3.63) is 66.9 Å². The second-order valence-corrected chi connectivity index (χ2v) is 3.60. The third-order valence-corrected chi connectivity index (χ3v) is 2.59. The molecule has 2 aliphatic rings. The zero-order valence-electron chi connectivity index (χ0n) is 8.64. The molecule has 1 nitrogen and oxygen atoms in total. The minimum Gasteiger partial charge on any atom is -0.246 e. The van der Waals surface area contributed by atoms with E-state index in [1.165, 1.54) is 5.56 Å². The maximum atomic E-state index is 4.35. The van der Waals surface area contributed by atoms with Crippen LogP contribution < -0.4 is 0 Å². The molecule has 1 aliphatic carbocycles. The van der Waals surface area contributed by atoms with Gasteiger partial charge in [-0.1, -0.05) is 48.5 Å². The van der Waals surface area contributed by atoms with Crippen molar-refractivity contribution in [1.29, 1.82) is 0 Å². The van der Waals surface area contributed by atoms with E-state index >= 15 is 0 Å². The molecular formula is C15H9N. The lowest BCUT2D eigenvalue weighted by atomic mass is 10.0. The number of aromatic nitrogens is 1. The Kier molecular flexibility index (Phi) is 2.05. The molecule has 0 amide bonds. The third kappa shape index (κ3) is 1.41. The highest BCUT2D eigenvalue weighted by atomic mass is 14.7. The van der Waals surface area contributed by atoms with Crippen molar-refractivity contribution in [2.75, 3.05) is 0 Å². The number of nitrogens with zero attached hydrogens (tertiary/aromatic N) is 1. The monoisotopic (exact) mass is 203 g/mol. The largest absolute Gasteiger partial charge is 0.246 e. The van der Waals surface area contributed by atoms with E-state index in [9.17, 15) is 0 Å². The predicted molar refractivity (Wildman–Crippen MR) is 64.0 cm³/mol. The molecule has 74 valence electrons. The fourth-order valence-electron chi connectivity index (χ4n) is 1.81. The van der Waals surface area contributed by atoms with Gasteiger partial charge in [-0.25, -0.2) is 4.98 Å². The first-order chi connectivity index (χ1) is 7.95. The molecule has 1 aromatic rings. The van der Waals surface area contributed by atoms with E-state index in [1.54, 1.807) is 0 Å². The van der Waals surface area contributed by atoms with Crippen molar-refractivity contribution in [2.45, 2.75) is 0 Å². The van der Waals surface area contributed by atoms with Crippen LogP contribution in [0.5, 0.6) is 0 Å². The molecule has 1 heterocycles. The Labute approximate surface area is 94.7 Å². The van der Waals surface area contributed by atoms with E-state index < -0.39 is 0 Å². The lowest BCUT2D eigenvalue weighted by Crippen LogP contribution is -1.75. The molecule has 0 saturated heterocycles. The molecule has 0 bridgehead atoms. The minimum absolute atomic E-state index is 0.865. The van der Waals surface area contributed by atoms with Crippen LogP contribution in [0.15, 0.2) is 54.7 Å². The first-order valence-corrected chi connectivity index (χ1v) is 5.18. The van der Waals surface area contributed by atoms with Gasteiger partial charge < -0.3 is 0 Å². The minimum atomic E-state index is 0.865. The highest BCUT2D eigenvalue weighted by molar-refractivity contribution is 5.82. The van der Waals surface area contributed by atoms with Crippen molar-refractivity contribution in [3.63, 3.8) is 0 Å². The smallest absolute Gasteiger partial charge is 0.121 e. The highest BCUT2D eigenvalue weighted by Gasteiger charge is 2.10. The van der Waals surface area contributed by atoms with E-state index in [-0.39, 0.29) is 0 Å². The van der Waals surface area contributed by atoms with Gasteiger partial charge in [0, 0.05) is 17.3 Å². The summed E-state index contributed by atoms with van der Waals surface area (Å²) in [5.74, 6) is 0. The fourth-order valence-corrected chi connectivity index (χ4v) is 1.81. The number of benzene rings is 1. The number of hydrogen-bond donors (Lipinski definition) is 0. The quantitative estimate of drug-likeness (QED) is 0.590. The summed E-state index contributed by atoms with van der Waals surface area (Å²) in [4.78, 5) is 4.35. The van der Waals surface area contributed by atoms with Crippen LogP contribution in [0.25, 0.3) is 22.4 Å². The molecular weight excluding hydrogens is 194 g/mol. The Morgan fingerprint density at radius 1 is 0.875 bits per heavy atom. The van der Waals surface area contributed by atoms with Crippen LogP contribution in [0.3, 0.4) is 0 Å². The normalized spacial score (nSPS) is 10.0. The van der Waals surface area contributed by atoms with Gasteiger partial charge >= 0.3 is 0 Å². The summed E-state index contributed by atoms with van der Waals surface area (Å²) in [6.07, 6.45) is 1.89. The van der Waals surface area contributed by atoms with Crippen LogP contribution in [0, 0.1) is 12.1 Å². The van der Waals surface area contributed by atoms with Gasteiger partial charge in [0.05, 0.1) is 0 Å². The van der Waals surface area contributed by atoms with Gasteiger partial charge in [-0.2, -0.15) is 0 Å². The Balaban J connectivity index is 2.22. The van der Waals surface area contributed by atoms with E-state index in [1.807, 2.05) is 36.5 Å². The first-order valence-electron chi connectivity index (χ1n) is 5.18. The summed E-state index contributed by atoms with van der Waals surface area (Å²) < 4.78 is 0. The van der Waals surface area contributed by atoms with Gasteiger partial charge in [0.1, 0.15) is 5.69 Å². The molecule has 0 fully saturated rings. The van der Waals surface area contributed by atoms with E-state index in [0.717, 1.165) is 16.8 Å². The Morgan fingerprint density at radius 3 is 2.62 bits per heavy atom. The average Bonchev–Trinajstić information content (AvgIpc) is 2.60. The highest BCUT2D eigenvalue weighted by Crippen LogP contribution is 2.31. The van der Waals surface area contributed by atoms with Crippen molar-refractivity contribution in [3.8, 4) is 22.4 Å². The maximum Gasteiger partial charge on any atom is 0.121 e. The summed E-state index contributed by atoms with van der Waals surface area (Å²) >= 11 is 0. The second-order valence-electron chi connectivity index (χ2n) is 3.60. The van der Waals surface area contributed by atoms with E-state index in [2.05, 4.69) is 35.3 Å². The number of hydrogen-bond acceptors (Lipinski definition) is 1. The van der Waals surface area contributed by atoms with Gasteiger partial charge in [0.25, 0.3) is 0 Å². The Morgan fingerprint density at radius 2 is 1.75 bits per heavy atom. The lowest BCUT2D eigenvalue weighted by molar-refractivity contribution is 1.42. The summed E-state index contributed by atoms with van der Waals surface area (Å²) in [5.41, 5.74) is 4.32. The molecule has 0 N–H and O–H groups in total. The van der Waals surface area contributed by atoms with Gasteiger partial charge in [-0.3, -0.25) is 0 Å². The van der Waals surface area contributed by atoms with Gasteiger partial charge in [0.2, 0.25) is 0 Å². The molecule has 1 heteroatoms. The number of rotatable bonds is 1. The SMILES string of the molecule is c1cccc2c(-c3ccccc3)cnc-2c#1. The molecule has 0 atom stereocenters. The maximum absolute atomic E-state index is 4.35. The zero-order valence-corrected chi connectivity index (χ0v) is 8.64. The van der Waals surface area contributed by atoms with Crippen LogP contribution >= 0.6 is 0 Å². The first kappa shape index (κ1) is 8.94. The van der Waals surface area contributed by atoms with Gasteiger partial charge in [-0.15, -0.1) is 0 Å². The topological polar surface area (TPSA) is 12.9 Å². The summed E-state index contributed by atoms with van der Waals surface area (Å²) in [5, 5.41) is 0. The molecule has 0 radical (unpaired) electrons. The zero-order chi connectivity index (χ0) is 10.8. The van der Waals surface area contributed by atoms with Crippen LogP contribution in [0.2, 0.25) is 0 Å². The second kappa shape index (κ2) is 3.67. The molecule has 1 aromatic carbocycles. The molecule has 0 unspecified atom stereocenters. The Bertz CT molecular complexity index is 572. The standard InChI is InChI=1S/C15H9N/c1-3-7-12(8-4-1)14-11-16-15-10-6-2-5-9-13(14)15/h1-5,7-9,11H. The molecule has 1 aliphatic heterocycles. The molecule has 0 spiro atoms. The van der Waals surface area contributed by atoms with Crippen LogP contribution in [-0.2, 0) is 0 Å². The van der Waals surface area contributed by atoms with Crippen LogP contribution in [-0.4, -0.2) is 4.98 Å². The van der Waals surface area contributed by atoms with Gasteiger partial charge in [0.15, 0.2) is 0 Å². The molecule has 0 aromatic heterocycles. The lowest BCUT2D eigenvalue weighted by Gasteiger charge is -1.98. The molecule has 3 rings (SSSR count). The van der Waals surface area contributed by atoms with E-state index in [4.69, 9.17) is 0 Å². The van der Waals surface area contributed by atoms with Gasteiger partial charge in [-0.05, 0) is 17.7 Å². The summed E-state index contributed by atoms with van der Waals surface area (Å²) in [6.45, 7) is 0. The van der Waals surface area contributed by atoms with Crippen molar-refractivity contribution in [2.24, 2.45) is 0 Å². The summed E-state index contributed by atoms with van der Waals surface area (Å²) in [6, 6.07) is 22.1. The van der Waals surface area contributed by atoms with Crippen molar-refractivity contribution >= 4 is 0 Å². The Hall–Kier alpha value is -2.33. The third-order valence-electron chi connectivity index (χ3n) is 2.59. The molecule has 0 saturated carbocycles. The van der Waals surface area contributed by atoms with Crippen LogP contribution in [0.4, 0.5) is 0 Å². The van der Waals surface area contributed by atoms with Crippen molar-refractivity contribution in [1.82, 2.24) is 4.98 Å². The van der Waals surface area contributed by atoms with Crippen LogP contribution in [0.1, 0.15) is 0 Å². The average molecular weight is 203 g/mol. The summed E-state index contributed by atoms with van der Waals surface area (Å²) in [7, 11) is 0. The fraction of sp³-hybridized carbons (Fsp3) is 0. The van der Waals surface area contributed by atoms with Crippen molar-refractivity contribution < 1.29 is 0 Å². The predicted octanol–water partition coefficient (Wildman–Crippen LogP) is 3.45. The number of fused-ring (bicyclic) bond motifs is 1.